The van der Waals surface area contributed by atoms with Crippen LogP contribution in [0, 0.1) is 11.3 Å². The van der Waals surface area contributed by atoms with Gasteiger partial charge in [0.1, 0.15) is 0 Å². The summed E-state index contributed by atoms with van der Waals surface area (Å²) in [7, 11) is 0. The number of hydrogen-bond acceptors (Lipinski definition) is 1. The number of hydrogen-bond donors (Lipinski definition) is 0. The first kappa shape index (κ1) is 9.59. The Morgan fingerprint density at radius 2 is 1.85 bits per heavy atom. The lowest BCUT2D eigenvalue weighted by atomic mass is 10.1. The van der Waals surface area contributed by atoms with Gasteiger partial charge in [-0.1, -0.05) is 18.2 Å². The predicted molar refractivity (Wildman–Crippen MR) is 40.9 cm³/mol. The van der Waals surface area contributed by atoms with E-state index in [4.69, 9.17) is 5.26 Å². The molecule has 0 aliphatic carbocycles. The molecular weight excluding hydrogens is 179 g/mol. The zero-order valence-corrected chi connectivity index (χ0v) is 6.60. The highest BCUT2D eigenvalue weighted by Crippen LogP contribution is 2.22. The van der Waals surface area contributed by atoms with Crippen LogP contribution < -0.4 is 0 Å². The van der Waals surface area contributed by atoms with E-state index >= 15 is 0 Å². The molecule has 0 spiro atoms. The van der Waals surface area contributed by atoms with Crippen molar-refractivity contribution in [2.24, 2.45) is 0 Å². The van der Waals surface area contributed by atoms with Crippen LogP contribution >= 0.6 is 0 Å². The number of alkyl halides is 3. The molecule has 1 rings (SSSR count). The highest BCUT2D eigenvalue weighted by molar-refractivity contribution is 5.37. The Morgan fingerprint density at radius 3 is 2.38 bits per heavy atom. The second-order valence-electron chi connectivity index (χ2n) is 2.56. The minimum absolute atomic E-state index is 0.0255. The fraction of sp³-hybridized carbons (Fsp3) is 0.222. The van der Waals surface area contributed by atoms with Crippen molar-refractivity contribution in [3.05, 3.63) is 35.4 Å². The van der Waals surface area contributed by atoms with Crippen molar-refractivity contribution in [2.75, 3.05) is 0 Å². The molecule has 13 heavy (non-hydrogen) atoms. The molecule has 0 bridgehead atoms. The lowest BCUT2D eigenvalue weighted by molar-refractivity contribution is -0.127. The molecule has 4 heteroatoms. The maximum absolute atomic E-state index is 11.9. The van der Waals surface area contributed by atoms with Gasteiger partial charge >= 0.3 is 6.18 Å². The van der Waals surface area contributed by atoms with Crippen LogP contribution in [0.1, 0.15) is 11.1 Å². The van der Waals surface area contributed by atoms with Gasteiger partial charge in [-0.2, -0.15) is 18.4 Å². The Kier molecular flexibility index (Phi) is 2.57. The van der Waals surface area contributed by atoms with Crippen LogP contribution in [0.15, 0.2) is 24.3 Å². The summed E-state index contributed by atoms with van der Waals surface area (Å²) in [4.78, 5) is 0. The van der Waals surface area contributed by atoms with E-state index in [2.05, 4.69) is 0 Å². The Balaban J connectivity index is 2.96. The topological polar surface area (TPSA) is 23.8 Å². The molecule has 68 valence electrons. The summed E-state index contributed by atoms with van der Waals surface area (Å²) in [6, 6.07) is 7.43. The van der Waals surface area contributed by atoms with E-state index in [1.54, 1.807) is 12.1 Å². The van der Waals surface area contributed by atoms with E-state index < -0.39 is 12.6 Å². The van der Waals surface area contributed by atoms with Crippen LogP contribution in [0.4, 0.5) is 13.2 Å². The zero-order chi connectivity index (χ0) is 9.90. The number of rotatable bonds is 1. The molecule has 0 amide bonds. The van der Waals surface area contributed by atoms with Gasteiger partial charge in [-0.05, 0) is 11.6 Å². The van der Waals surface area contributed by atoms with Gasteiger partial charge in [0.25, 0.3) is 0 Å². The van der Waals surface area contributed by atoms with Crippen LogP contribution in [-0.2, 0) is 6.42 Å². The fourth-order valence-corrected chi connectivity index (χ4v) is 0.999. The first-order chi connectivity index (χ1) is 6.03. The minimum atomic E-state index is -4.26. The maximum Gasteiger partial charge on any atom is 0.393 e. The Bertz CT molecular complexity index is 335. The summed E-state index contributed by atoms with van der Waals surface area (Å²) < 4.78 is 35.8. The second-order valence-corrected chi connectivity index (χ2v) is 2.56. The third-order valence-electron chi connectivity index (χ3n) is 1.53. The van der Waals surface area contributed by atoms with Crippen molar-refractivity contribution >= 4 is 0 Å². The van der Waals surface area contributed by atoms with E-state index in [1.165, 1.54) is 18.2 Å². The SMILES string of the molecule is N#Cc1ccccc1CC(F)(F)F. The minimum Gasteiger partial charge on any atom is -0.192 e. The van der Waals surface area contributed by atoms with Crippen molar-refractivity contribution in [3.8, 4) is 6.07 Å². The molecule has 0 unspecified atom stereocenters. The molecule has 1 aromatic carbocycles. The number of benzene rings is 1. The summed E-state index contributed by atoms with van der Waals surface area (Å²) in [5, 5.41) is 8.50. The first-order valence-corrected chi connectivity index (χ1v) is 3.58. The van der Waals surface area contributed by atoms with Crippen LogP contribution in [0.25, 0.3) is 0 Å². The van der Waals surface area contributed by atoms with Crippen molar-refractivity contribution in [3.63, 3.8) is 0 Å². The molecule has 0 atom stereocenters. The third-order valence-corrected chi connectivity index (χ3v) is 1.53. The lowest BCUT2D eigenvalue weighted by Gasteiger charge is -2.06. The molecule has 0 heterocycles. The van der Waals surface area contributed by atoms with Crippen molar-refractivity contribution < 1.29 is 13.2 Å². The van der Waals surface area contributed by atoms with Gasteiger partial charge in [0.2, 0.25) is 0 Å². The quantitative estimate of drug-likeness (QED) is 0.659. The smallest absolute Gasteiger partial charge is 0.192 e. The monoisotopic (exact) mass is 185 g/mol. The molecule has 0 saturated carbocycles. The second kappa shape index (κ2) is 3.48. The molecule has 0 N–H and O–H groups in total. The number of nitrogens with zero attached hydrogens (tertiary/aromatic N) is 1. The van der Waals surface area contributed by atoms with Gasteiger partial charge in [0.05, 0.1) is 18.1 Å². The summed E-state index contributed by atoms with van der Waals surface area (Å²) in [6.07, 6.45) is -5.30. The molecule has 1 nitrogen and oxygen atoms in total. The highest BCUT2D eigenvalue weighted by Gasteiger charge is 2.28. The molecule has 0 radical (unpaired) electrons. The normalized spacial score (nSPS) is 10.9. The molecule has 1 aromatic rings. The van der Waals surface area contributed by atoms with Crippen molar-refractivity contribution in [1.29, 1.82) is 5.26 Å². The zero-order valence-electron chi connectivity index (χ0n) is 6.60. The average molecular weight is 185 g/mol. The first-order valence-electron chi connectivity index (χ1n) is 3.58. The van der Waals surface area contributed by atoms with E-state index in [0.29, 0.717) is 0 Å². The summed E-state index contributed by atoms with van der Waals surface area (Å²) in [6.45, 7) is 0. The predicted octanol–water partition coefficient (Wildman–Crippen LogP) is 2.66. The lowest BCUT2D eigenvalue weighted by Crippen LogP contribution is -2.12. The molecule has 0 aliphatic heterocycles. The van der Waals surface area contributed by atoms with Gasteiger partial charge in [-0.15, -0.1) is 0 Å². The van der Waals surface area contributed by atoms with E-state index in [1.807, 2.05) is 0 Å². The Hall–Kier alpha value is -1.50. The van der Waals surface area contributed by atoms with Crippen LogP contribution in [-0.4, -0.2) is 6.18 Å². The third kappa shape index (κ3) is 2.79. The van der Waals surface area contributed by atoms with Gasteiger partial charge in [0, 0.05) is 0 Å². The van der Waals surface area contributed by atoms with Gasteiger partial charge < -0.3 is 0 Å². The van der Waals surface area contributed by atoms with Gasteiger partial charge in [-0.25, -0.2) is 0 Å². The van der Waals surface area contributed by atoms with Gasteiger partial charge in [-0.3, -0.25) is 0 Å². The van der Waals surface area contributed by atoms with Gasteiger partial charge in [0.15, 0.2) is 0 Å². The fourth-order valence-electron chi connectivity index (χ4n) is 0.999. The average Bonchev–Trinajstić information content (AvgIpc) is 2.02. The number of halogens is 3. The summed E-state index contributed by atoms with van der Waals surface area (Å²) in [5.74, 6) is 0. The van der Waals surface area contributed by atoms with E-state index in [-0.39, 0.29) is 11.1 Å². The van der Waals surface area contributed by atoms with Crippen molar-refractivity contribution in [2.45, 2.75) is 12.6 Å². The maximum atomic E-state index is 11.9. The van der Waals surface area contributed by atoms with E-state index in [0.717, 1.165) is 0 Å². The molecule has 0 aliphatic rings. The van der Waals surface area contributed by atoms with Crippen LogP contribution in [0.3, 0.4) is 0 Å². The van der Waals surface area contributed by atoms with Crippen LogP contribution in [0.5, 0.6) is 0 Å². The standard InChI is InChI=1S/C9H6F3N/c10-9(11,12)5-7-3-1-2-4-8(7)6-13/h1-4H,5H2. The largest absolute Gasteiger partial charge is 0.393 e. The number of nitriles is 1. The molecule has 0 fully saturated rings. The Labute approximate surface area is 73.4 Å². The highest BCUT2D eigenvalue weighted by atomic mass is 19.4. The molecular formula is C9H6F3N. The van der Waals surface area contributed by atoms with E-state index in [9.17, 15) is 13.2 Å². The summed E-state index contributed by atoms with van der Waals surface area (Å²) >= 11 is 0. The summed E-state index contributed by atoms with van der Waals surface area (Å²) in [5.41, 5.74) is 0.109. The van der Waals surface area contributed by atoms with Crippen LogP contribution in [0.2, 0.25) is 0 Å². The Morgan fingerprint density at radius 1 is 1.23 bits per heavy atom. The molecule has 0 aromatic heterocycles. The van der Waals surface area contributed by atoms with Crippen molar-refractivity contribution in [1.82, 2.24) is 0 Å². The molecule has 0 saturated heterocycles.